The normalized spacial score (nSPS) is 17.6. The van der Waals surface area contributed by atoms with Gasteiger partial charge in [0.2, 0.25) is 5.91 Å². The van der Waals surface area contributed by atoms with Crippen molar-refractivity contribution in [2.45, 2.75) is 12.5 Å². The molecule has 1 atom stereocenters. The maximum absolute atomic E-state index is 11.7. The number of anilines is 1. The highest BCUT2D eigenvalue weighted by molar-refractivity contribution is 5.94. The molecule has 1 aliphatic heterocycles. The van der Waals surface area contributed by atoms with Crippen LogP contribution in [0.5, 0.6) is 0 Å². The van der Waals surface area contributed by atoms with E-state index in [1.54, 1.807) is 0 Å². The number of ether oxygens (including phenoxy) is 1. The van der Waals surface area contributed by atoms with E-state index < -0.39 is 12.0 Å². The Morgan fingerprint density at radius 2 is 2.21 bits per heavy atom. The summed E-state index contributed by atoms with van der Waals surface area (Å²) in [5.41, 5.74) is 8.09. The quantitative estimate of drug-likeness (QED) is 0.799. The van der Waals surface area contributed by atoms with Crippen molar-refractivity contribution in [3.63, 3.8) is 0 Å². The molecule has 6 nitrogen and oxygen atoms in total. The molecule has 0 aromatic heterocycles. The third kappa shape index (κ3) is 3.23. The van der Waals surface area contributed by atoms with Crippen LogP contribution in [0, 0.1) is 0 Å². The lowest BCUT2D eigenvalue weighted by Crippen LogP contribution is -2.48. The average molecular weight is 263 g/mol. The number of alkyl carbamates (subject to hydrolysis) is 1. The number of carbonyl (C=O) groups excluding carboxylic acids is 2. The highest BCUT2D eigenvalue weighted by Crippen LogP contribution is 2.25. The maximum Gasteiger partial charge on any atom is 0.413 e. The lowest BCUT2D eigenvalue weighted by atomic mass is 9.98. The minimum absolute atomic E-state index is 0.0131. The average Bonchev–Trinajstić information content (AvgIpc) is 2.38. The number of fused-ring (bicyclic) bond motifs is 1. The van der Waals surface area contributed by atoms with Crippen molar-refractivity contribution in [3.8, 4) is 0 Å². The Labute approximate surface area is 111 Å². The highest BCUT2D eigenvalue weighted by Gasteiger charge is 2.23. The van der Waals surface area contributed by atoms with Crippen LogP contribution in [-0.4, -0.2) is 38.2 Å². The number of amides is 2. The van der Waals surface area contributed by atoms with Gasteiger partial charge in [0.25, 0.3) is 0 Å². The van der Waals surface area contributed by atoms with Gasteiger partial charge in [-0.3, -0.25) is 10.1 Å². The smallest absolute Gasteiger partial charge is 0.413 e. The van der Waals surface area contributed by atoms with E-state index >= 15 is 0 Å². The van der Waals surface area contributed by atoms with E-state index in [0.717, 1.165) is 17.7 Å². The fraction of sp³-hybridized carbons (Fsp3) is 0.385. The van der Waals surface area contributed by atoms with E-state index in [2.05, 4.69) is 10.1 Å². The van der Waals surface area contributed by atoms with Gasteiger partial charge in [0.1, 0.15) is 0 Å². The second kappa shape index (κ2) is 5.71. The van der Waals surface area contributed by atoms with Crippen LogP contribution >= 0.6 is 0 Å². The number of methoxy groups -OCH3 is 1. The molecule has 0 aliphatic carbocycles. The molecule has 1 unspecified atom stereocenters. The molecule has 1 heterocycles. The van der Waals surface area contributed by atoms with Crippen molar-refractivity contribution >= 4 is 17.7 Å². The number of nitrogens with zero attached hydrogens (tertiary/aromatic N) is 1. The summed E-state index contributed by atoms with van der Waals surface area (Å²) in [7, 11) is 1.22. The fourth-order valence-corrected chi connectivity index (χ4v) is 2.25. The maximum atomic E-state index is 11.7. The number of benzene rings is 1. The zero-order valence-corrected chi connectivity index (χ0v) is 10.8. The van der Waals surface area contributed by atoms with Gasteiger partial charge in [-0.15, -0.1) is 0 Å². The molecule has 19 heavy (non-hydrogen) atoms. The summed E-state index contributed by atoms with van der Waals surface area (Å²) in [4.78, 5) is 24.6. The Morgan fingerprint density at radius 1 is 1.47 bits per heavy atom. The summed E-state index contributed by atoms with van der Waals surface area (Å²) in [5.74, 6) is -0.407. The van der Waals surface area contributed by atoms with Crippen LogP contribution in [0.1, 0.15) is 5.56 Å². The summed E-state index contributed by atoms with van der Waals surface area (Å²) in [6.45, 7) is 0.672. The minimum atomic E-state index is -0.750. The van der Waals surface area contributed by atoms with Crippen LogP contribution in [-0.2, 0) is 16.0 Å². The van der Waals surface area contributed by atoms with Crippen LogP contribution in [0.25, 0.3) is 0 Å². The van der Waals surface area contributed by atoms with Crippen LogP contribution in [0.3, 0.4) is 0 Å². The van der Waals surface area contributed by atoms with Gasteiger partial charge in [-0.2, -0.15) is 0 Å². The largest absolute Gasteiger partial charge is 0.453 e. The summed E-state index contributed by atoms with van der Waals surface area (Å²) in [5, 5.41) is 2.14. The first-order chi connectivity index (χ1) is 9.10. The number of rotatable bonds is 2. The Balaban J connectivity index is 2.08. The number of nitrogens with two attached hydrogens (primary N) is 1. The second-order valence-corrected chi connectivity index (χ2v) is 4.51. The van der Waals surface area contributed by atoms with E-state index in [0.29, 0.717) is 6.54 Å². The topological polar surface area (TPSA) is 84.7 Å². The van der Waals surface area contributed by atoms with Gasteiger partial charge in [-0.05, 0) is 18.1 Å². The monoisotopic (exact) mass is 263 g/mol. The zero-order valence-electron chi connectivity index (χ0n) is 10.8. The van der Waals surface area contributed by atoms with Crippen LogP contribution in [0.4, 0.5) is 10.5 Å². The summed E-state index contributed by atoms with van der Waals surface area (Å²) >= 11 is 0. The van der Waals surface area contributed by atoms with Gasteiger partial charge in [-0.1, -0.05) is 18.2 Å². The molecular weight excluding hydrogens is 246 g/mol. The molecule has 2 amide bonds. The van der Waals surface area contributed by atoms with Crippen molar-refractivity contribution in [1.82, 2.24) is 5.32 Å². The van der Waals surface area contributed by atoms with Crippen molar-refractivity contribution in [2.24, 2.45) is 5.73 Å². The van der Waals surface area contributed by atoms with Crippen LogP contribution in [0.15, 0.2) is 24.3 Å². The first-order valence-corrected chi connectivity index (χ1v) is 6.06. The summed E-state index contributed by atoms with van der Waals surface area (Å²) in [6.07, 6.45) is 0.0465. The van der Waals surface area contributed by atoms with E-state index in [4.69, 9.17) is 5.73 Å². The SMILES string of the molecule is COC(=O)NC(=O)CN1CC(N)Cc2ccccc21. The van der Waals surface area contributed by atoms with Crippen molar-refractivity contribution in [3.05, 3.63) is 29.8 Å². The third-order valence-corrected chi connectivity index (χ3v) is 3.03. The van der Waals surface area contributed by atoms with Gasteiger partial charge in [0.15, 0.2) is 0 Å². The van der Waals surface area contributed by atoms with E-state index in [1.165, 1.54) is 7.11 Å². The third-order valence-electron chi connectivity index (χ3n) is 3.03. The Bertz CT molecular complexity index is 490. The minimum Gasteiger partial charge on any atom is -0.453 e. The first kappa shape index (κ1) is 13.4. The standard InChI is InChI=1S/C13H17N3O3/c1-19-13(18)15-12(17)8-16-7-10(14)6-9-4-2-3-5-11(9)16/h2-5,10H,6-8,14H2,1H3,(H,15,17,18). The number of nitrogens with one attached hydrogen (secondary N) is 1. The molecule has 0 saturated carbocycles. The molecule has 1 aliphatic rings. The Kier molecular flexibility index (Phi) is 4.01. The predicted molar refractivity (Wildman–Crippen MR) is 70.9 cm³/mol. The first-order valence-electron chi connectivity index (χ1n) is 6.06. The van der Waals surface area contributed by atoms with Crippen molar-refractivity contribution in [1.29, 1.82) is 0 Å². The van der Waals surface area contributed by atoms with Crippen LogP contribution < -0.4 is 16.0 Å². The van der Waals surface area contributed by atoms with E-state index in [1.807, 2.05) is 29.2 Å². The van der Waals surface area contributed by atoms with E-state index in [-0.39, 0.29) is 12.6 Å². The lowest BCUT2D eigenvalue weighted by Gasteiger charge is -2.33. The zero-order chi connectivity index (χ0) is 13.8. The fourth-order valence-electron chi connectivity index (χ4n) is 2.25. The summed E-state index contributed by atoms with van der Waals surface area (Å²) in [6, 6.07) is 7.80. The van der Waals surface area contributed by atoms with Crippen molar-refractivity contribution < 1.29 is 14.3 Å². The van der Waals surface area contributed by atoms with Gasteiger partial charge < -0.3 is 15.4 Å². The van der Waals surface area contributed by atoms with Crippen molar-refractivity contribution in [2.75, 3.05) is 25.1 Å². The molecule has 0 bridgehead atoms. The summed E-state index contributed by atoms with van der Waals surface area (Å²) < 4.78 is 4.39. The predicted octanol–water partition coefficient (Wildman–Crippen LogP) is 0.259. The highest BCUT2D eigenvalue weighted by atomic mass is 16.5. The molecular formula is C13H17N3O3. The molecule has 1 aromatic rings. The molecule has 0 spiro atoms. The molecule has 1 aromatic carbocycles. The molecule has 102 valence electrons. The number of para-hydroxylation sites is 1. The molecule has 3 N–H and O–H groups in total. The van der Waals surface area contributed by atoms with E-state index in [9.17, 15) is 9.59 Å². The lowest BCUT2D eigenvalue weighted by molar-refractivity contribution is -0.119. The van der Waals surface area contributed by atoms with Gasteiger partial charge >= 0.3 is 6.09 Å². The number of imide groups is 1. The molecule has 6 heteroatoms. The molecule has 0 saturated heterocycles. The van der Waals surface area contributed by atoms with Crippen LogP contribution in [0.2, 0.25) is 0 Å². The molecule has 2 rings (SSSR count). The molecule has 0 radical (unpaired) electrons. The second-order valence-electron chi connectivity index (χ2n) is 4.51. The molecule has 0 fully saturated rings. The Hall–Kier alpha value is -2.08. The van der Waals surface area contributed by atoms with Gasteiger partial charge in [0, 0.05) is 18.3 Å². The number of hydrogen-bond acceptors (Lipinski definition) is 5. The number of carbonyl (C=O) groups is 2. The Morgan fingerprint density at radius 3 is 2.95 bits per heavy atom. The van der Waals surface area contributed by atoms with Gasteiger partial charge in [0.05, 0.1) is 13.7 Å². The van der Waals surface area contributed by atoms with Gasteiger partial charge in [-0.25, -0.2) is 4.79 Å². The number of hydrogen-bond donors (Lipinski definition) is 2.